The maximum atomic E-state index is 13.1. The van der Waals surface area contributed by atoms with Crippen LogP contribution >= 0.6 is 0 Å². The summed E-state index contributed by atoms with van der Waals surface area (Å²) in [6, 6.07) is 9.80. The van der Waals surface area contributed by atoms with Crippen LogP contribution in [-0.2, 0) is 4.79 Å². The van der Waals surface area contributed by atoms with Crippen molar-refractivity contribution in [2.24, 2.45) is 0 Å². The molecule has 0 aliphatic carbocycles. The summed E-state index contributed by atoms with van der Waals surface area (Å²) in [5, 5.41) is 10.7. The molecule has 1 N–H and O–H groups in total. The molecule has 7 heteroatoms. The van der Waals surface area contributed by atoms with E-state index < -0.39 is 23.5 Å². The second-order valence-corrected chi connectivity index (χ2v) is 7.90. The Morgan fingerprint density at radius 1 is 1.23 bits per heavy atom. The Hall–Kier alpha value is -3.06. The van der Waals surface area contributed by atoms with Gasteiger partial charge in [-0.1, -0.05) is 25.5 Å². The number of amides is 1. The van der Waals surface area contributed by atoms with E-state index >= 15 is 0 Å². The Morgan fingerprint density at radius 3 is 2.71 bits per heavy atom. The van der Waals surface area contributed by atoms with Gasteiger partial charge in [-0.25, -0.2) is 0 Å². The summed E-state index contributed by atoms with van der Waals surface area (Å²) in [5.41, 5.74) is 0.752. The molecule has 0 fully saturated rings. The maximum absolute atomic E-state index is 13.1. The predicted molar refractivity (Wildman–Crippen MR) is 117 cm³/mol. The van der Waals surface area contributed by atoms with Gasteiger partial charge >= 0.3 is 0 Å². The maximum Gasteiger partial charge on any atom is 0.290 e. The second kappa shape index (κ2) is 10.3. The molecule has 0 spiro atoms. The Labute approximate surface area is 182 Å². The fourth-order valence-corrected chi connectivity index (χ4v) is 3.67. The predicted octanol–water partition coefficient (Wildman–Crippen LogP) is 3.99. The Bertz CT molecular complexity index is 933. The Balaban J connectivity index is 1.96. The van der Waals surface area contributed by atoms with E-state index in [1.54, 1.807) is 11.0 Å². The lowest BCUT2D eigenvalue weighted by Crippen LogP contribution is -2.33. The van der Waals surface area contributed by atoms with E-state index in [0.717, 1.165) is 19.4 Å². The number of ketones is 1. The van der Waals surface area contributed by atoms with Gasteiger partial charge in [0.05, 0.1) is 24.5 Å². The van der Waals surface area contributed by atoms with Crippen LogP contribution in [0, 0.1) is 0 Å². The van der Waals surface area contributed by atoms with Crippen LogP contribution in [0.4, 0.5) is 0 Å². The molecule has 1 aromatic carbocycles. The molecule has 1 aliphatic rings. The van der Waals surface area contributed by atoms with Gasteiger partial charge < -0.3 is 24.1 Å². The molecule has 2 heterocycles. The van der Waals surface area contributed by atoms with Crippen LogP contribution in [0.2, 0.25) is 0 Å². The SMILES string of the molecule is CCCCOc1cccc(C2C(C(=O)c3ccco3)=C(O)C(=O)N2CCCN(C)C)c1. The van der Waals surface area contributed by atoms with Gasteiger partial charge in [-0.05, 0) is 63.3 Å². The van der Waals surface area contributed by atoms with Gasteiger partial charge in [0.2, 0.25) is 5.78 Å². The van der Waals surface area contributed by atoms with Crippen LogP contribution < -0.4 is 4.74 Å². The summed E-state index contributed by atoms with van der Waals surface area (Å²) in [5.74, 6) is -0.801. The van der Waals surface area contributed by atoms with Gasteiger partial charge in [-0.3, -0.25) is 9.59 Å². The number of hydrogen-bond donors (Lipinski definition) is 1. The number of hydrogen-bond acceptors (Lipinski definition) is 6. The highest BCUT2D eigenvalue weighted by molar-refractivity contribution is 6.15. The monoisotopic (exact) mass is 426 g/mol. The van der Waals surface area contributed by atoms with Gasteiger partial charge in [-0.15, -0.1) is 0 Å². The number of aliphatic hydroxyl groups excluding tert-OH is 1. The molecular formula is C24H30N2O5. The standard InChI is InChI=1S/C24H30N2O5/c1-4-5-14-30-18-10-6-9-17(16-18)21-20(22(27)19-11-7-15-31-19)23(28)24(29)26(21)13-8-12-25(2)3/h6-7,9-11,15-16,21,28H,4-5,8,12-14H2,1-3H3. The molecule has 0 bridgehead atoms. The number of carbonyl (C=O) groups excluding carboxylic acids is 2. The van der Waals surface area contributed by atoms with Crippen molar-refractivity contribution in [1.29, 1.82) is 0 Å². The van der Waals surface area contributed by atoms with Crippen molar-refractivity contribution in [2.45, 2.75) is 32.2 Å². The van der Waals surface area contributed by atoms with Crippen LogP contribution in [0.5, 0.6) is 5.75 Å². The molecule has 1 unspecified atom stereocenters. The summed E-state index contributed by atoms with van der Waals surface area (Å²) >= 11 is 0. The van der Waals surface area contributed by atoms with E-state index in [4.69, 9.17) is 9.15 Å². The van der Waals surface area contributed by atoms with Crippen LogP contribution in [0.15, 0.2) is 58.4 Å². The normalized spacial score (nSPS) is 16.5. The van der Waals surface area contributed by atoms with Gasteiger partial charge in [0, 0.05) is 6.54 Å². The van der Waals surface area contributed by atoms with E-state index in [1.165, 1.54) is 12.3 Å². The largest absolute Gasteiger partial charge is 0.503 e. The van der Waals surface area contributed by atoms with Gasteiger partial charge in [0.1, 0.15) is 5.75 Å². The molecule has 2 aromatic rings. The highest BCUT2D eigenvalue weighted by Gasteiger charge is 2.44. The van der Waals surface area contributed by atoms with Gasteiger partial charge in [0.25, 0.3) is 5.91 Å². The first-order chi connectivity index (χ1) is 14.9. The molecule has 0 saturated carbocycles. The number of unbranched alkanes of at least 4 members (excludes halogenated alkanes) is 1. The van der Waals surface area contributed by atoms with Crippen LogP contribution in [0.3, 0.4) is 0 Å². The molecule has 1 amide bonds. The molecule has 31 heavy (non-hydrogen) atoms. The van der Waals surface area contributed by atoms with Crippen LogP contribution in [0.1, 0.15) is 48.3 Å². The quantitative estimate of drug-likeness (QED) is 0.432. The molecule has 3 rings (SSSR count). The average Bonchev–Trinajstić information content (AvgIpc) is 3.37. The van der Waals surface area contributed by atoms with Crippen LogP contribution in [0.25, 0.3) is 0 Å². The lowest BCUT2D eigenvalue weighted by atomic mass is 9.95. The molecular weight excluding hydrogens is 396 g/mol. The van der Waals surface area contributed by atoms with Crippen molar-refractivity contribution in [3.05, 3.63) is 65.3 Å². The third-order valence-electron chi connectivity index (χ3n) is 5.24. The number of furan rings is 1. The molecule has 0 radical (unpaired) electrons. The number of nitrogens with zero attached hydrogens (tertiary/aromatic N) is 2. The van der Waals surface area contributed by atoms with Crippen molar-refractivity contribution in [1.82, 2.24) is 9.80 Å². The first-order valence-corrected chi connectivity index (χ1v) is 10.6. The summed E-state index contributed by atoms with van der Waals surface area (Å²) in [4.78, 5) is 29.7. The van der Waals surface area contributed by atoms with Gasteiger partial charge in [0.15, 0.2) is 11.5 Å². The van der Waals surface area contributed by atoms with Crippen molar-refractivity contribution in [2.75, 3.05) is 33.8 Å². The zero-order valence-electron chi connectivity index (χ0n) is 18.3. The molecule has 1 aliphatic heterocycles. The minimum absolute atomic E-state index is 0.0375. The van der Waals surface area contributed by atoms with Gasteiger partial charge in [-0.2, -0.15) is 0 Å². The summed E-state index contributed by atoms with van der Waals surface area (Å²) in [7, 11) is 3.92. The number of carbonyl (C=O) groups is 2. The van der Waals surface area contributed by atoms with Crippen molar-refractivity contribution < 1.29 is 23.8 Å². The van der Waals surface area contributed by atoms with Crippen LogP contribution in [-0.4, -0.2) is 60.4 Å². The highest BCUT2D eigenvalue weighted by atomic mass is 16.5. The second-order valence-electron chi connectivity index (χ2n) is 7.90. The average molecular weight is 427 g/mol. The highest BCUT2D eigenvalue weighted by Crippen LogP contribution is 2.40. The third kappa shape index (κ3) is 5.17. The van der Waals surface area contributed by atoms with E-state index in [-0.39, 0.29) is 11.3 Å². The number of aliphatic hydroxyl groups is 1. The number of Topliss-reactive ketones (excluding diaryl/α,β-unsaturated/α-hetero) is 1. The van der Waals surface area contributed by atoms with E-state index in [0.29, 0.717) is 30.9 Å². The molecule has 0 saturated heterocycles. The fraction of sp³-hybridized carbons (Fsp3) is 0.417. The van der Waals surface area contributed by atoms with Crippen molar-refractivity contribution in [3.8, 4) is 5.75 Å². The number of benzene rings is 1. The zero-order chi connectivity index (χ0) is 22.4. The summed E-state index contributed by atoms with van der Waals surface area (Å²) in [6.07, 6.45) is 4.06. The van der Waals surface area contributed by atoms with Crippen molar-refractivity contribution in [3.63, 3.8) is 0 Å². The molecule has 166 valence electrons. The summed E-state index contributed by atoms with van der Waals surface area (Å²) in [6.45, 7) is 3.87. The zero-order valence-corrected chi connectivity index (χ0v) is 18.3. The lowest BCUT2D eigenvalue weighted by Gasteiger charge is -2.27. The number of rotatable bonds is 11. The Kier molecular flexibility index (Phi) is 7.52. The van der Waals surface area contributed by atoms with E-state index in [9.17, 15) is 14.7 Å². The van der Waals surface area contributed by atoms with Crippen molar-refractivity contribution >= 4 is 11.7 Å². The Morgan fingerprint density at radius 2 is 2.03 bits per heavy atom. The number of ether oxygens (including phenoxy) is 1. The smallest absolute Gasteiger partial charge is 0.290 e. The topological polar surface area (TPSA) is 83.2 Å². The summed E-state index contributed by atoms with van der Waals surface area (Å²) < 4.78 is 11.1. The first-order valence-electron chi connectivity index (χ1n) is 10.6. The van der Waals surface area contributed by atoms with E-state index in [1.807, 2.05) is 43.3 Å². The first kappa shape index (κ1) is 22.6. The lowest BCUT2D eigenvalue weighted by molar-refractivity contribution is -0.129. The minimum atomic E-state index is -0.706. The minimum Gasteiger partial charge on any atom is -0.503 e. The molecule has 1 aromatic heterocycles. The van der Waals surface area contributed by atoms with E-state index in [2.05, 4.69) is 6.92 Å². The third-order valence-corrected chi connectivity index (χ3v) is 5.24. The molecule has 1 atom stereocenters. The fourth-order valence-electron chi connectivity index (χ4n) is 3.67. The molecule has 7 nitrogen and oxygen atoms in total.